The van der Waals surface area contributed by atoms with Crippen LogP contribution in [0.25, 0.3) is 27.8 Å². The van der Waals surface area contributed by atoms with Crippen molar-refractivity contribution in [3.63, 3.8) is 0 Å². The smallest absolute Gasteiger partial charge is 0.404 e. The third kappa shape index (κ3) is 3.65. The molecular formula is C25H24N8O2. The average Bonchev–Trinajstić information content (AvgIpc) is 3.54. The third-order valence-electron chi connectivity index (χ3n) is 7.15. The molecule has 0 aromatic carbocycles. The van der Waals surface area contributed by atoms with Crippen molar-refractivity contribution in [3.05, 3.63) is 54.7 Å². The Bertz CT molecular complexity index is 1450. The minimum Gasteiger partial charge on any atom is -0.465 e. The summed E-state index contributed by atoms with van der Waals surface area (Å²) in [4.78, 5) is 18.3. The van der Waals surface area contributed by atoms with Crippen LogP contribution in [0.15, 0.2) is 49.2 Å². The second-order valence-electron chi connectivity index (χ2n) is 9.32. The standard InChI is InChI=1S/C25H24N8O2/c1-31-13-18(12-28-31)16-6-22(24-17(9-26)11-29-32(24)14-16)15-2-5-23(27-10-15)33-20-3-4-21(33)8-19(7-20)30-25(34)35/h2,5-6,10-14,19-21,30H,3-4,7-8H2,1H3,(H,34,35)/t19?,20-,21+. The molecule has 6 rings (SSSR count). The summed E-state index contributed by atoms with van der Waals surface area (Å²) in [6.07, 6.45) is 11.8. The van der Waals surface area contributed by atoms with Gasteiger partial charge in [0.15, 0.2) is 0 Å². The van der Waals surface area contributed by atoms with Crippen molar-refractivity contribution in [1.29, 1.82) is 5.26 Å². The fourth-order valence-electron chi connectivity index (χ4n) is 5.69. The number of rotatable bonds is 4. The normalized spacial score (nSPS) is 21.3. The molecule has 35 heavy (non-hydrogen) atoms. The number of amides is 1. The van der Waals surface area contributed by atoms with Gasteiger partial charge in [-0.05, 0) is 43.9 Å². The highest BCUT2D eigenvalue weighted by Crippen LogP contribution is 2.39. The fraction of sp³-hybridized carbons (Fsp3) is 0.320. The molecule has 6 heterocycles. The molecular weight excluding hydrogens is 444 g/mol. The predicted molar refractivity (Wildman–Crippen MR) is 129 cm³/mol. The van der Waals surface area contributed by atoms with Gasteiger partial charge in [0.1, 0.15) is 11.9 Å². The van der Waals surface area contributed by atoms with Crippen LogP contribution in [-0.4, -0.2) is 53.7 Å². The zero-order valence-electron chi connectivity index (χ0n) is 19.2. The fourth-order valence-corrected chi connectivity index (χ4v) is 5.69. The Labute approximate surface area is 201 Å². The molecule has 0 aliphatic carbocycles. The van der Waals surface area contributed by atoms with E-state index in [0.717, 1.165) is 59.3 Å². The number of carbonyl (C=O) groups is 1. The SMILES string of the molecule is Cn1cc(-c2cc(-c3ccc(N4[C@@H]5CC[C@H]4CC(NC(=O)O)C5)nc3)c3c(C#N)cnn3c2)cn1. The molecule has 176 valence electrons. The lowest BCUT2D eigenvalue weighted by atomic mass is 9.97. The molecule has 2 aliphatic rings. The van der Waals surface area contributed by atoms with Crippen molar-refractivity contribution in [2.45, 2.75) is 43.8 Å². The van der Waals surface area contributed by atoms with E-state index in [0.29, 0.717) is 5.56 Å². The minimum atomic E-state index is -0.957. The van der Waals surface area contributed by atoms with Crippen LogP contribution >= 0.6 is 0 Å². The first-order valence-electron chi connectivity index (χ1n) is 11.6. The van der Waals surface area contributed by atoms with Crippen LogP contribution in [0.2, 0.25) is 0 Å². The van der Waals surface area contributed by atoms with E-state index in [9.17, 15) is 10.1 Å². The van der Waals surface area contributed by atoms with Crippen molar-refractivity contribution >= 4 is 17.4 Å². The van der Waals surface area contributed by atoms with Gasteiger partial charge in [-0.15, -0.1) is 0 Å². The molecule has 2 aliphatic heterocycles. The molecule has 0 radical (unpaired) electrons. The van der Waals surface area contributed by atoms with Crippen molar-refractivity contribution in [2.24, 2.45) is 7.05 Å². The summed E-state index contributed by atoms with van der Waals surface area (Å²) >= 11 is 0. The highest BCUT2D eigenvalue weighted by molar-refractivity contribution is 5.87. The van der Waals surface area contributed by atoms with Crippen LogP contribution in [0.1, 0.15) is 31.2 Å². The molecule has 0 saturated carbocycles. The van der Waals surface area contributed by atoms with E-state index in [4.69, 9.17) is 10.1 Å². The summed E-state index contributed by atoms with van der Waals surface area (Å²) in [6, 6.07) is 8.93. The van der Waals surface area contributed by atoms with Crippen molar-refractivity contribution in [1.82, 2.24) is 29.7 Å². The lowest BCUT2D eigenvalue weighted by Gasteiger charge is -2.39. The van der Waals surface area contributed by atoms with Gasteiger partial charge in [0.2, 0.25) is 0 Å². The Morgan fingerprint density at radius 1 is 1.09 bits per heavy atom. The number of hydrogen-bond acceptors (Lipinski definition) is 6. The van der Waals surface area contributed by atoms with Crippen molar-refractivity contribution in [3.8, 4) is 28.3 Å². The molecule has 2 fully saturated rings. The maximum absolute atomic E-state index is 11.1. The monoisotopic (exact) mass is 468 g/mol. The number of carboxylic acid groups (broad SMARTS) is 1. The first-order chi connectivity index (χ1) is 17.0. The molecule has 10 heteroatoms. The summed E-state index contributed by atoms with van der Waals surface area (Å²) in [5.41, 5.74) is 4.94. The van der Waals surface area contributed by atoms with E-state index in [2.05, 4.69) is 32.5 Å². The van der Waals surface area contributed by atoms with Crippen LogP contribution in [0.3, 0.4) is 0 Å². The van der Waals surface area contributed by atoms with Gasteiger partial charge < -0.3 is 15.3 Å². The van der Waals surface area contributed by atoms with E-state index in [1.807, 2.05) is 37.8 Å². The van der Waals surface area contributed by atoms with E-state index in [1.165, 1.54) is 0 Å². The minimum absolute atomic E-state index is 0.00436. The lowest BCUT2D eigenvalue weighted by molar-refractivity contribution is 0.185. The molecule has 1 unspecified atom stereocenters. The van der Waals surface area contributed by atoms with E-state index >= 15 is 0 Å². The van der Waals surface area contributed by atoms with Crippen LogP contribution < -0.4 is 10.2 Å². The zero-order valence-corrected chi connectivity index (χ0v) is 19.2. The van der Waals surface area contributed by atoms with E-state index in [1.54, 1.807) is 21.6 Å². The number of hydrogen-bond donors (Lipinski definition) is 2. The number of nitriles is 1. The molecule has 2 bridgehead atoms. The van der Waals surface area contributed by atoms with Gasteiger partial charge in [-0.2, -0.15) is 15.5 Å². The maximum atomic E-state index is 11.1. The maximum Gasteiger partial charge on any atom is 0.404 e. The topological polar surface area (TPSA) is 124 Å². The third-order valence-corrected chi connectivity index (χ3v) is 7.15. The molecule has 2 saturated heterocycles. The Kier molecular flexibility index (Phi) is 4.91. The summed E-state index contributed by atoms with van der Waals surface area (Å²) in [6.45, 7) is 0. The lowest BCUT2D eigenvalue weighted by Crippen LogP contribution is -2.50. The first-order valence-corrected chi connectivity index (χ1v) is 11.6. The number of aromatic nitrogens is 5. The van der Waals surface area contributed by atoms with Crippen LogP contribution in [0, 0.1) is 11.3 Å². The Hall–Kier alpha value is -4.39. The van der Waals surface area contributed by atoms with Gasteiger partial charge in [-0.25, -0.2) is 14.3 Å². The molecule has 0 spiro atoms. The second kappa shape index (κ2) is 8.13. The molecule has 10 nitrogen and oxygen atoms in total. The van der Waals surface area contributed by atoms with Gasteiger partial charge in [-0.3, -0.25) is 4.68 Å². The average molecular weight is 469 g/mol. The number of aryl methyl sites for hydroxylation is 1. The predicted octanol–water partition coefficient (Wildman–Crippen LogP) is 3.44. The first kappa shape index (κ1) is 21.2. The molecule has 2 N–H and O–H groups in total. The van der Waals surface area contributed by atoms with Crippen molar-refractivity contribution < 1.29 is 9.90 Å². The van der Waals surface area contributed by atoms with Gasteiger partial charge in [-0.1, -0.05) is 0 Å². The zero-order chi connectivity index (χ0) is 24.1. The van der Waals surface area contributed by atoms with Gasteiger partial charge >= 0.3 is 6.09 Å². The number of fused-ring (bicyclic) bond motifs is 3. The van der Waals surface area contributed by atoms with Crippen LogP contribution in [0.5, 0.6) is 0 Å². The van der Waals surface area contributed by atoms with Gasteiger partial charge in [0.25, 0.3) is 0 Å². The Morgan fingerprint density at radius 3 is 2.51 bits per heavy atom. The molecule has 1 amide bonds. The molecule has 4 aromatic rings. The Morgan fingerprint density at radius 2 is 1.89 bits per heavy atom. The summed E-state index contributed by atoms with van der Waals surface area (Å²) in [5, 5.41) is 30.1. The number of nitrogens with one attached hydrogen (secondary N) is 1. The molecule has 4 aromatic heterocycles. The van der Waals surface area contributed by atoms with Gasteiger partial charge in [0, 0.05) is 66.0 Å². The molecule has 3 atom stereocenters. The van der Waals surface area contributed by atoms with Crippen LogP contribution in [-0.2, 0) is 7.05 Å². The highest BCUT2D eigenvalue weighted by atomic mass is 16.4. The summed E-state index contributed by atoms with van der Waals surface area (Å²) in [7, 11) is 1.88. The van der Waals surface area contributed by atoms with E-state index in [-0.39, 0.29) is 18.1 Å². The number of nitrogens with zero attached hydrogens (tertiary/aromatic N) is 7. The van der Waals surface area contributed by atoms with Gasteiger partial charge in [0.05, 0.1) is 23.5 Å². The summed E-state index contributed by atoms with van der Waals surface area (Å²) < 4.78 is 3.49. The quantitative estimate of drug-likeness (QED) is 0.470. The number of anilines is 1. The highest BCUT2D eigenvalue weighted by Gasteiger charge is 2.41. The number of piperidine rings is 1. The summed E-state index contributed by atoms with van der Waals surface area (Å²) in [5.74, 6) is 0.906. The van der Waals surface area contributed by atoms with Crippen molar-refractivity contribution in [2.75, 3.05) is 4.90 Å². The Balaban J connectivity index is 1.36. The second-order valence-corrected chi connectivity index (χ2v) is 9.32. The largest absolute Gasteiger partial charge is 0.465 e. The van der Waals surface area contributed by atoms with Crippen LogP contribution in [0.4, 0.5) is 10.6 Å². The number of pyridine rings is 2. The van der Waals surface area contributed by atoms with E-state index < -0.39 is 6.09 Å².